The van der Waals surface area contributed by atoms with Gasteiger partial charge >= 0.3 is 0 Å². The highest BCUT2D eigenvalue weighted by molar-refractivity contribution is 5.67. The van der Waals surface area contributed by atoms with Crippen LogP contribution in [0.4, 0.5) is 0 Å². The van der Waals surface area contributed by atoms with Crippen molar-refractivity contribution in [2.24, 2.45) is 0 Å². The van der Waals surface area contributed by atoms with E-state index in [4.69, 9.17) is 4.74 Å². The van der Waals surface area contributed by atoms with Crippen molar-refractivity contribution in [3.8, 4) is 5.75 Å². The first-order valence-corrected chi connectivity index (χ1v) is 10.1. The van der Waals surface area contributed by atoms with Crippen LogP contribution in [0.15, 0.2) is 91.0 Å². The van der Waals surface area contributed by atoms with Gasteiger partial charge in [0.25, 0.3) is 0 Å². The lowest BCUT2D eigenvalue weighted by Crippen LogP contribution is -2.30. The van der Waals surface area contributed by atoms with Gasteiger partial charge in [-0.05, 0) is 47.2 Å². The van der Waals surface area contributed by atoms with Crippen LogP contribution in [-0.4, -0.2) is 24.5 Å². The van der Waals surface area contributed by atoms with Crippen molar-refractivity contribution in [1.82, 2.24) is 4.90 Å². The van der Waals surface area contributed by atoms with Crippen LogP contribution in [0.2, 0.25) is 0 Å². The smallest absolute Gasteiger partial charge is 0.119 e. The van der Waals surface area contributed by atoms with Gasteiger partial charge in [-0.1, -0.05) is 78.9 Å². The molecule has 0 aromatic heterocycles. The van der Waals surface area contributed by atoms with Gasteiger partial charge in [0, 0.05) is 19.6 Å². The molecule has 1 aliphatic heterocycles. The first-order valence-electron chi connectivity index (χ1n) is 10.1. The fourth-order valence-electron chi connectivity index (χ4n) is 3.61. The summed E-state index contributed by atoms with van der Waals surface area (Å²) in [5.74, 6) is 0.925. The Bertz CT molecular complexity index is 885. The second kappa shape index (κ2) is 9.38. The average Bonchev–Trinajstić information content (AvgIpc) is 2.78. The van der Waals surface area contributed by atoms with Crippen molar-refractivity contribution in [3.05, 3.63) is 108 Å². The summed E-state index contributed by atoms with van der Waals surface area (Å²) in [5.41, 5.74) is 5.38. The molecule has 0 spiro atoms. The zero-order chi connectivity index (χ0) is 19.0. The summed E-state index contributed by atoms with van der Waals surface area (Å²) in [6.45, 7) is 3.90. The maximum Gasteiger partial charge on any atom is 0.119 e. The molecule has 142 valence electrons. The summed E-state index contributed by atoms with van der Waals surface area (Å²) in [6.07, 6.45) is 4.62. The topological polar surface area (TPSA) is 12.5 Å². The first-order chi connectivity index (χ1) is 13.9. The van der Waals surface area contributed by atoms with Crippen molar-refractivity contribution in [3.63, 3.8) is 0 Å². The van der Waals surface area contributed by atoms with Gasteiger partial charge in [-0.3, -0.25) is 4.90 Å². The summed E-state index contributed by atoms with van der Waals surface area (Å²) in [6, 6.07) is 29.6. The van der Waals surface area contributed by atoms with Crippen molar-refractivity contribution in [1.29, 1.82) is 0 Å². The molecule has 0 atom stereocenters. The molecule has 0 saturated carbocycles. The average molecular weight is 370 g/mol. The molecule has 28 heavy (non-hydrogen) atoms. The molecular formula is C26H27NO. The largest absolute Gasteiger partial charge is 0.489 e. The van der Waals surface area contributed by atoms with Crippen LogP contribution in [0.3, 0.4) is 0 Å². The van der Waals surface area contributed by atoms with E-state index in [-0.39, 0.29) is 0 Å². The second-order valence-corrected chi connectivity index (χ2v) is 7.31. The minimum absolute atomic E-state index is 0.610. The summed E-state index contributed by atoms with van der Waals surface area (Å²) in [4.78, 5) is 2.54. The van der Waals surface area contributed by atoms with E-state index in [9.17, 15) is 0 Å². The molecule has 1 heterocycles. The van der Waals surface area contributed by atoms with Crippen LogP contribution in [-0.2, 0) is 13.0 Å². The lowest BCUT2D eigenvalue weighted by atomic mass is 9.99. The van der Waals surface area contributed by atoms with Gasteiger partial charge in [0.1, 0.15) is 12.4 Å². The third-order valence-corrected chi connectivity index (χ3v) is 5.33. The Morgan fingerprint density at radius 3 is 2.07 bits per heavy atom. The Morgan fingerprint density at radius 1 is 0.750 bits per heavy atom. The Kier molecular flexibility index (Phi) is 6.21. The first kappa shape index (κ1) is 18.5. The number of hydrogen-bond acceptors (Lipinski definition) is 2. The second-order valence-electron chi connectivity index (χ2n) is 7.31. The van der Waals surface area contributed by atoms with Crippen molar-refractivity contribution in [2.75, 3.05) is 19.6 Å². The molecule has 0 amide bonds. The van der Waals surface area contributed by atoms with Crippen LogP contribution < -0.4 is 4.74 Å². The predicted octanol–water partition coefficient (Wildman–Crippen LogP) is 5.60. The molecule has 0 N–H and O–H groups in total. The summed E-state index contributed by atoms with van der Waals surface area (Å²) < 4.78 is 5.90. The van der Waals surface area contributed by atoms with E-state index < -0.39 is 0 Å². The molecule has 3 aromatic rings. The van der Waals surface area contributed by atoms with Gasteiger partial charge < -0.3 is 4.74 Å². The lowest BCUT2D eigenvalue weighted by molar-refractivity contribution is 0.305. The third-order valence-electron chi connectivity index (χ3n) is 5.33. The van der Waals surface area contributed by atoms with E-state index >= 15 is 0 Å². The Morgan fingerprint density at radius 2 is 1.43 bits per heavy atom. The molecule has 0 radical (unpaired) electrons. The van der Waals surface area contributed by atoms with Gasteiger partial charge in [-0.15, -0.1) is 0 Å². The molecular weight excluding hydrogens is 342 g/mol. The monoisotopic (exact) mass is 369 g/mol. The maximum absolute atomic E-state index is 5.90. The van der Waals surface area contributed by atoms with Gasteiger partial charge in [0.15, 0.2) is 0 Å². The highest BCUT2D eigenvalue weighted by Gasteiger charge is 2.13. The molecule has 3 aromatic carbocycles. The molecule has 2 heteroatoms. The zero-order valence-corrected chi connectivity index (χ0v) is 16.3. The minimum Gasteiger partial charge on any atom is -0.489 e. The molecule has 0 fully saturated rings. The van der Waals surface area contributed by atoms with E-state index in [1.54, 1.807) is 0 Å². The van der Waals surface area contributed by atoms with Crippen molar-refractivity contribution in [2.45, 2.75) is 19.4 Å². The summed E-state index contributed by atoms with van der Waals surface area (Å²) in [7, 11) is 0. The summed E-state index contributed by atoms with van der Waals surface area (Å²) >= 11 is 0. The molecule has 4 rings (SSSR count). The highest BCUT2D eigenvalue weighted by Crippen LogP contribution is 2.25. The molecule has 1 aliphatic rings. The maximum atomic E-state index is 5.90. The standard InChI is InChI=1S/C26H27NO/c1-3-7-22(8-4-1)15-18-27-19-16-25(17-20-27)24-11-13-26(14-12-24)28-21-23-9-5-2-6-10-23/h1-14,16H,15,17-21H2. The molecule has 0 aliphatic carbocycles. The van der Waals surface area contributed by atoms with E-state index in [0.717, 1.165) is 38.2 Å². The Labute approximate surface area is 168 Å². The zero-order valence-electron chi connectivity index (χ0n) is 16.3. The van der Waals surface area contributed by atoms with Crippen LogP contribution in [0.5, 0.6) is 5.75 Å². The number of nitrogens with zero attached hydrogens (tertiary/aromatic N) is 1. The quantitative estimate of drug-likeness (QED) is 0.538. The van der Waals surface area contributed by atoms with E-state index in [1.165, 1.54) is 22.3 Å². The van der Waals surface area contributed by atoms with Crippen LogP contribution in [0, 0.1) is 0 Å². The number of rotatable bonds is 7. The Hall–Kier alpha value is -2.84. The lowest BCUT2D eigenvalue weighted by Gasteiger charge is -2.26. The number of benzene rings is 3. The highest BCUT2D eigenvalue weighted by atomic mass is 16.5. The van der Waals surface area contributed by atoms with Crippen LogP contribution >= 0.6 is 0 Å². The van der Waals surface area contributed by atoms with Crippen molar-refractivity contribution >= 4 is 5.57 Å². The fraction of sp³-hybridized carbons (Fsp3) is 0.231. The van der Waals surface area contributed by atoms with E-state index in [1.807, 2.05) is 18.2 Å². The summed E-state index contributed by atoms with van der Waals surface area (Å²) in [5, 5.41) is 0. The van der Waals surface area contributed by atoms with Gasteiger partial charge in [-0.25, -0.2) is 0 Å². The Balaban J connectivity index is 1.28. The van der Waals surface area contributed by atoms with Gasteiger partial charge in [-0.2, -0.15) is 0 Å². The van der Waals surface area contributed by atoms with Gasteiger partial charge in [0.05, 0.1) is 0 Å². The predicted molar refractivity (Wildman–Crippen MR) is 116 cm³/mol. The minimum atomic E-state index is 0.610. The number of hydrogen-bond donors (Lipinski definition) is 0. The number of ether oxygens (including phenoxy) is 1. The van der Waals surface area contributed by atoms with E-state index in [0.29, 0.717) is 6.61 Å². The van der Waals surface area contributed by atoms with Crippen LogP contribution in [0.1, 0.15) is 23.1 Å². The normalized spacial score (nSPS) is 14.5. The van der Waals surface area contributed by atoms with Crippen LogP contribution in [0.25, 0.3) is 5.57 Å². The van der Waals surface area contributed by atoms with Gasteiger partial charge in [0.2, 0.25) is 0 Å². The molecule has 0 unspecified atom stereocenters. The SMILES string of the molecule is C1=C(c2ccc(OCc3ccccc3)cc2)CCN(CCc2ccccc2)C1. The fourth-order valence-corrected chi connectivity index (χ4v) is 3.61. The molecule has 2 nitrogen and oxygen atoms in total. The van der Waals surface area contributed by atoms with E-state index in [2.05, 4.69) is 77.7 Å². The van der Waals surface area contributed by atoms with Crippen molar-refractivity contribution < 1.29 is 4.74 Å². The molecule has 0 saturated heterocycles. The third kappa shape index (κ3) is 5.11. The molecule has 0 bridgehead atoms.